The number of fused-ring (bicyclic) bond motifs is 1. The summed E-state index contributed by atoms with van der Waals surface area (Å²) in [5.74, 6) is -0.0621. The number of likely N-dealkylation sites (tertiary alicyclic amines) is 1. The average molecular weight is 540 g/mol. The normalized spacial score (nSPS) is 24.7. The number of piperidine rings is 2. The van der Waals surface area contributed by atoms with Crippen molar-refractivity contribution in [2.45, 2.75) is 57.9 Å². The molecule has 2 saturated heterocycles. The third kappa shape index (κ3) is 5.25. The van der Waals surface area contributed by atoms with Crippen molar-refractivity contribution in [1.29, 1.82) is 0 Å². The fourth-order valence-electron chi connectivity index (χ4n) is 5.63. The van der Waals surface area contributed by atoms with Crippen molar-refractivity contribution < 1.29 is 13.5 Å². The highest BCUT2D eigenvalue weighted by molar-refractivity contribution is 7.74. The first-order chi connectivity index (χ1) is 17.8. The lowest BCUT2D eigenvalue weighted by Gasteiger charge is -2.42. The largest absolute Gasteiger partial charge is 0.415 e. The van der Waals surface area contributed by atoms with E-state index in [1.807, 2.05) is 6.92 Å². The molecule has 37 heavy (non-hydrogen) atoms. The Morgan fingerprint density at radius 2 is 2.00 bits per heavy atom. The first-order valence-corrected chi connectivity index (χ1v) is 14.3. The summed E-state index contributed by atoms with van der Waals surface area (Å²) in [5, 5.41) is 7.35. The summed E-state index contributed by atoms with van der Waals surface area (Å²) < 4.78 is 0.901. The number of quaternary nitrogens is 1. The number of nitrogens with two attached hydrogens (primary N) is 1. The minimum atomic E-state index is -0.689. The van der Waals surface area contributed by atoms with E-state index in [0.717, 1.165) is 60.1 Å². The number of benzene rings is 1. The second kappa shape index (κ2) is 10.7. The van der Waals surface area contributed by atoms with Crippen molar-refractivity contribution in [3.8, 4) is 0 Å². The number of pyridine rings is 1. The number of aromatic nitrogens is 2. The van der Waals surface area contributed by atoms with Crippen LogP contribution in [-0.4, -0.2) is 45.3 Å². The number of hydrogen-bond acceptors (Lipinski definition) is 8. The smallest absolute Gasteiger partial charge is 0.383 e. The van der Waals surface area contributed by atoms with Gasteiger partial charge in [-0.25, -0.2) is 14.8 Å². The van der Waals surface area contributed by atoms with Gasteiger partial charge in [0.1, 0.15) is 11.9 Å². The van der Waals surface area contributed by atoms with Gasteiger partial charge in [-0.2, -0.15) is 3.89 Å². The van der Waals surface area contributed by atoms with Gasteiger partial charge < -0.3 is 16.4 Å². The van der Waals surface area contributed by atoms with Gasteiger partial charge in [0.2, 0.25) is 0 Å². The Bertz CT molecular complexity index is 1320. The molecule has 2 aromatic heterocycles. The molecule has 4 N–H and O–H groups in total. The Morgan fingerprint density at radius 3 is 2.76 bits per heavy atom. The lowest BCUT2D eigenvalue weighted by molar-refractivity contribution is -0.757. The van der Waals surface area contributed by atoms with Gasteiger partial charge in [0.05, 0.1) is 46.5 Å². The van der Waals surface area contributed by atoms with Crippen LogP contribution < -0.4 is 16.4 Å². The molecule has 3 aromatic rings. The zero-order valence-corrected chi connectivity index (χ0v) is 23.1. The molecule has 1 unspecified atom stereocenters. The molecule has 0 aliphatic carbocycles. The molecule has 5 rings (SSSR count). The highest BCUT2D eigenvalue weighted by Gasteiger charge is 2.50. The van der Waals surface area contributed by atoms with Crippen LogP contribution in [0.3, 0.4) is 0 Å². The zero-order chi connectivity index (χ0) is 26.2. The van der Waals surface area contributed by atoms with E-state index in [1.165, 1.54) is 11.2 Å². The fourth-order valence-corrected chi connectivity index (χ4v) is 7.37. The van der Waals surface area contributed by atoms with Crippen LogP contribution in [-0.2, 0) is 16.0 Å². The van der Waals surface area contributed by atoms with Crippen molar-refractivity contribution in [3.05, 3.63) is 46.6 Å². The topological polar surface area (TPSA) is 110 Å². The van der Waals surface area contributed by atoms with Crippen LogP contribution in [0.5, 0.6) is 0 Å². The first kappa shape index (κ1) is 26.1. The number of rotatable bonds is 4. The van der Waals surface area contributed by atoms with Crippen molar-refractivity contribution >= 4 is 57.7 Å². The second-order valence-electron chi connectivity index (χ2n) is 10.4. The van der Waals surface area contributed by atoms with Crippen molar-refractivity contribution in [3.63, 3.8) is 0 Å². The summed E-state index contributed by atoms with van der Waals surface area (Å²) in [6, 6.07) is 7.83. The van der Waals surface area contributed by atoms with E-state index in [4.69, 9.17) is 23.5 Å². The zero-order valence-electron chi connectivity index (χ0n) is 21.4. The molecule has 1 aromatic carbocycles. The van der Waals surface area contributed by atoms with Crippen LogP contribution in [0.25, 0.3) is 10.2 Å². The van der Waals surface area contributed by atoms with Crippen LogP contribution >= 0.6 is 24.2 Å². The molecule has 10 heteroatoms. The Labute approximate surface area is 227 Å². The quantitative estimate of drug-likeness (QED) is 0.219. The summed E-state index contributed by atoms with van der Waals surface area (Å²) in [4.78, 5) is 36.0. The number of carbonyl (C=O) groups excluding carboxylic acids is 2. The third-order valence-corrected chi connectivity index (χ3v) is 9.55. The molecule has 2 fully saturated rings. The van der Waals surface area contributed by atoms with Gasteiger partial charge in [0.25, 0.3) is 0 Å². The van der Waals surface area contributed by atoms with Gasteiger partial charge in [-0.3, -0.25) is 4.79 Å². The van der Waals surface area contributed by atoms with Gasteiger partial charge >= 0.3 is 11.8 Å². The molecular weight excluding hydrogens is 504 g/mol. The number of nitrogen functional groups attached to an aromatic ring is 1. The number of nitrogens with zero attached hydrogens (tertiary/aromatic N) is 3. The van der Waals surface area contributed by atoms with Crippen LogP contribution in [0.1, 0.15) is 67.6 Å². The predicted molar refractivity (Wildman–Crippen MR) is 151 cm³/mol. The maximum atomic E-state index is 13.7. The Balaban J connectivity index is 1.41. The van der Waals surface area contributed by atoms with E-state index in [2.05, 4.69) is 40.7 Å². The molecule has 3 atom stereocenters. The highest BCUT2D eigenvalue weighted by Crippen LogP contribution is 2.43. The molecule has 2 amide bonds. The van der Waals surface area contributed by atoms with E-state index < -0.39 is 11.8 Å². The van der Waals surface area contributed by atoms with Crippen LogP contribution in [0, 0.1) is 5.92 Å². The molecule has 0 spiro atoms. The maximum absolute atomic E-state index is 13.7. The molecule has 0 radical (unpaired) electrons. The number of aryl methyl sites for hydroxylation is 1. The molecule has 2 aliphatic heterocycles. The van der Waals surface area contributed by atoms with E-state index >= 15 is 0 Å². The number of thiazole rings is 1. The number of carbonyl (C=O) groups is 2. The van der Waals surface area contributed by atoms with Gasteiger partial charge in [-0.15, -0.1) is 11.3 Å². The summed E-state index contributed by atoms with van der Waals surface area (Å²) in [7, 11) is 0. The second-order valence-corrected chi connectivity index (χ2v) is 12.2. The number of anilines is 2. The standard InChI is InChI=1S/C27H34N6O2S2/c1-3-17-12-20(14-30-24(17)28)31-25(34)27(35)33(36)15-16(2)4-6-22(33)19-5-7-23-21(13-19)32-26(37-23)18-8-10-29-11-9-18/h5,7,12-14,16,18,22,29,36H,3-4,6,8-11,15H2,1-2H3,(H2-,28,30,31,34,35)/p+1/t16-,22+,33?/m0/s1. The Hall–Kier alpha value is -2.53. The number of amides is 2. The minimum Gasteiger partial charge on any atom is -0.383 e. The van der Waals surface area contributed by atoms with Crippen molar-refractivity contribution in [1.82, 2.24) is 15.3 Å². The molecule has 4 heterocycles. The number of nitrogens with one attached hydrogen (secondary N) is 2. The molecular formula is C27H35N6O2S2+. The van der Waals surface area contributed by atoms with Gasteiger partial charge in [0.15, 0.2) is 0 Å². The molecule has 8 nitrogen and oxygen atoms in total. The van der Waals surface area contributed by atoms with Crippen molar-refractivity contribution in [2.24, 2.45) is 5.92 Å². The molecule has 0 bridgehead atoms. The van der Waals surface area contributed by atoms with Crippen LogP contribution in [0.4, 0.5) is 11.5 Å². The summed E-state index contributed by atoms with van der Waals surface area (Å²) in [5.41, 5.74) is 9.14. The summed E-state index contributed by atoms with van der Waals surface area (Å²) in [6.07, 6.45) is 6.12. The molecule has 196 valence electrons. The SMILES string of the molecule is CCc1cc(NC(=O)C(=O)[N+]2(S)C[C@@H](C)CC[C@@H]2c2ccc3sc(C4CCNCC4)nc3c2)cnc1N. The maximum Gasteiger partial charge on any atom is 0.415 e. The van der Waals surface area contributed by atoms with Crippen molar-refractivity contribution in [2.75, 3.05) is 30.7 Å². The minimum absolute atomic E-state index is 0.234. The Kier molecular flexibility index (Phi) is 7.53. The lowest BCUT2D eigenvalue weighted by Crippen LogP contribution is -2.56. The average Bonchev–Trinajstić information content (AvgIpc) is 3.33. The Morgan fingerprint density at radius 1 is 1.22 bits per heavy atom. The number of thiol groups is 1. The fraction of sp³-hybridized carbons (Fsp3) is 0.481. The molecule has 0 saturated carbocycles. The monoisotopic (exact) mass is 539 g/mol. The van der Waals surface area contributed by atoms with E-state index in [0.29, 0.717) is 30.4 Å². The highest BCUT2D eigenvalue weighted by atomic mass is 32.1. The first-order valence-electron chi connectivity index (χ1n) is 13.1. The predicted octanol–water partition coefficient (Wildman–Crippen LogP) is 4.60. The third-order valence-electron chi connectivity index (χ3n) is 7.73. The van der Waals surface area contributed by atoms with E-state index in [-0.39, 0.29) is 15.8 Å². The molecule has 2 aliphatic rings. The van der Waals surface area contributed by atoms with Gasteiger partial charge in [0, 0.05) is 23.8 Å². The number of hydrogen-bond donors (Lipinski definition) is 4. The van der Waals surface area contributed by atoms with Crippen LogP contribution in [0.15, 0.2) is 30.5 Å². The van der Waals surface area contributed by atoms with Crippen LogP contribution in [0.2, 0.25) is 0 Å². The van der Waals surface area contributed by atoms with Gasteiger partial charge in [-0.1, -0.05) is 19.9 Å². The lowest BCUT2D eigenvalue weighted by atomic mass is 9.89. The summed E-state index contributed by atoms with van der Waals surface area (Å²) in [6.45, 7) is 6.61. The van der Waals surface area contributed by atoms with E-state index in [9.17, 15) is 9.59 Å². The van der Waals surface area contributed by atoms with Gasteiger partial charge in [-0.05, 0) is 62.5 Å². The van der Waals surface area contributed by atoms with E-state index in [1.54, 1.807) is 17.4 Å². The summed E-state index contributed by atoms with van der Waals surface area (Å²) >= 11 is 6.69.